The Hall–Kier alpha value is -1.92. The van der Waals surface area contributed by atoms with Crippen LogP contribution in [0.2, 0.25) is 0 Å². The number of hydrogen-bond donors (Lipinski definition) is 2. The first-order valence-electron chi connectivity index (χ1n) is 5.32. The minimum Gasteiger partial charge on any atom is -0.480 e. The van der Waals surface area contributed by atoms with Crippen LogP contribution >= 0.6 is 0 Å². The lowest BCUT2D eigenvalue weighted by Gasteiger charge is -2.17. The number of likely N-dealkylation sites (tertiary alicyclic amines) is 1. The highest BCUT2D eigenvalue weighted by atomic mass is 16.4. The predicted octanol–water partition coefficient (Wildman–Crippen LogP) is -0.884. The fraction of sp³-hybridized carbons (Fsp3) is 0.600. The molecule has 1 heterocycles. The van der Waals surface area contributed by atoms with E-state index in [1.165, 1.54) is 0 Å². The molecule has 1 fully saturated rings. The molecule has 0 atom stereocenters. The summed E-state index contributed by atoms with van der Waals surface area (Å²) in [5.74, 6) is -2.57. The van der Waals surface area contributed by atoms with Crippen molar-refractivity contribution in [2.24, 2.45) is 0 Å². The Morgan fingerprint density at radius 3 is 2.18 bits per heavy atom. The highest BCUT2D eigenvalue weighted by Gasteiger charge is 2.25. The molecule has 2 N–H and O–H groups in total. The van der Waals surface area contributed by atoms with E-state index >= 15 is 0 Å². The largest absolute Gasteiger partial charge is 0.480 e. The summed E-state index contributed by atoms with van der Waals surface area (Å²) < 4.78 is 0. The molecule has 0 spiro atoms. The Labute approximate surface area is 97.8 Å². The summed E-state index contributed by atoms with van der Waals surface area (Å²) in [5.41, 5.74) is 0. The van der Waals surface area contributed by atoms with E-state index < -0.39 is 25.0 Å². The van der Waals surface area contributed by atoms with Gasteiger partial charge >= 0.3 is 5.97 Å². The number of rotatable bonds is 4. The standard InChI is InChI=1S/C10H14N2O5/c13-7(11-5-10(16)17)6-12-8(14)3-1-2-4-9(12)15/h1-6H2,(H,11,13)(H,16,17). The second-order valence-corrected chi connectivity index (χ2v) is 3.75. The smallest absolute Gasteiger partial charge is 0.322 e. The van der Waals surface area contributed by atoms with E-state index in [1.807, 2.05) is 0 Å². The van der Waals surface area contributed by atoms with Crippen molar-refractivity contribution in [3.63, 3.8) is 0 Å². The Bertz CT molecular complexity index is 335. The van der Waals surface area contributed by atoms with Gasteiger partial charge in [-0.15, -0.1) is 0 Å². The predicted molar refractivity (Wildman–Crippen MR) is 55.8 cm³/mol. The van der Waals surface area contributed by atoms with E-state index in [1.54, 1.807) is 0 Å². The molecule has 7 nitrogen and oxygen atoms in total. The minimum absolute atomic E-state index is 0.248. The molecule has 0 unspecified atom stereocenters. The third kappa shape index (κ3) is 4.21. The van der Waals surface area contributed by atoms with Gasteiger partial charge in [0.1, 0.15) is 13.1 Å². The van der Waals surface area contributed by atoms with E-state index in [2.05, 4.69) is 5.32 Å². The molecule has 0 aromatic carbocycles. The quantitative estimate of drug-likeness (QED) is 0.623. The Morgan fingerprint density at radius 2 is 1.71 bits per heavy atom. The van der Waals surface area contributed by atoms with Crippen molar-refractivity contribution < 1.29 is 24.3 Å². The van der Waals surface area contributed by atoms with Crippen LogP contribution in [0.25, 0.3) is 0 Å². The van der Waals surface area contributed by atoms with Crippen molar-refractivity contribution in [2.75, 3.05) is 13.1 Å². The monoisotopic (exact) mass is 242 g/mol. The van der Waals surface area contributed by atoms with Crippen molar-refractivity contribution in [3.05, 3.63) is 0 Å². The number of hydrogen-bond acceptors (Lipinski definition) is 4. The third-order valence-corrected chi connectivity index (χ3v) is 2.37. The number of carboxylic acids is 1. The molecule has 1 rings (SSSR count). The second-order valence-electron chi connectivity index (χ2n) is 3.75. The van der Waals surface area contributed by atoms with E-state index in [-0.39, 0.29) is 24.7 Å². The highest BCUT2D eigenvalue weighted by Crippen LogP contribution is 2.11. The maximum atomic E-state index is 11.5. The van der Waals surface area contributed by atoms with Gasteiger partial charge in [0, 0.05) is 12.8 Å². The lowest BCUT2D eigenvalue weighted by atomic mass is 10.2. The molecule has 1 aliphatic heterocycles. The van der Waals surface area contributed by atoms with Gasteiger partial charge in [-0.3, -0.25) is 24.1 Å². The summed E-state index contributed by atoms with van der Waals surface area (Å²) in [4.78, 5) is 45.4. The van der Waals surface area contributed by atoms with Crippen LogP contribution in [0.15, 0.2) is 0 Å². The number of nitrogens with one attached hydrogen (secondary N) is 1. The Balaban J connectivity index is 2.52. The second kappa shape index (κ2) is 5.97. The summed E-state index contributed by atoms with van der Waals surface area (Å²) in [6.45, 7) is -0.917. The van der Waals surface area contributed by atoms with Gasteiger partial charge in [0.05, 0.1) is 0 Å². The fourth-order valence-electron chi connectivity index (χ4n) is 1.51. The van der Waals surface area contributed by atoms with Gasteiger partial charge in [-0.2, -0.15) is 0 Å². The van der Waals surface area contributed by atoms with Crippen molar-refractivity contribution in [1.29, 1.82) is 0 Å². The Morgan fingerprint density at radius 1 is 1.18 bits per heavy atom. The van der Waals surface area contributed by atoms with Gasteiger partial charge in [0.25, 0.3) is 0 Å². The van der Waals surface area contributed by atoms with Crippen LogP contribution in [0.5, 0.6) is 0 Å². The molecular weight excluding hydrogens is 228 g/mol. The first-order chi connectivity index (χ1) is 8.00. The molecule has 0 aromatic heterocycles. The average Bonchev–Trinajstić information content (AvgIpc) is 2.41. The van der Waals surface area contributed by atoms with Gasteiger partial charge in [-0.25, -0.2) is 0 Å². The van der Waals surface area contributed by atoms with Gasteiger partial charge in [0.2, 0.25) is 17.7 Å². The molecule has 0 bridgehead atoms. The van der Waals surface area contributed by atoms with Gasteiger partial charge < -0.3 is 10.4 Å². The highest BCUT2D eigenvalue weighted by molar-refractivity contribution is 5.99. The SMILES string of the molecule is O=C(O)CNC(=O)CN1C(=O)CCCCC1=O. The fourth-order valence-corrected chi connectivity index (χ4v) is 1.51. The summed E-state index contributed by atoms with van der Waals surface area (Å²) >= 11 is 0. The summed E-state index contributed by atoms with van der Waals surface area (Å²) in [6.07, 6.45) is 1.77. The minimum atomic E-state index is -1.17. The molecule has 17 heavy (non-hydrogen) atoms. The molecule has 94 valence electrons. The molecule has 0 aliphatic carbocycles. The maximum absolute atomic E-state index is 11.5. The van der Waals surface area contributed by atoms with E-state index in [0.717, 1.165) is 4.90 Å². The van der Waals surface area contributed by atoms with Crippen LogP contribution < -0.4 is 5.32 Å². The van der Waals surface area contributed by atoms with E-state index in [9.17, 15) is 19.2 Å². The molecule has 1 aliphatic rings. The van der Waals surface area contributed by atoms with Crippen molar-refractivity contribution in [3.8, 4) is 0 Å². The topological polar surface area (TPSA) is 104 Å². The average molecular weight is 242 g/mol. The molecule has 7 heteroatoms. The zero-order valence-electron chi connectivity index (χ0n) is 9.27. The zero-order chi connectivity index (χ0) is 12.8. The van der Waals surface area contributed by atoms with E-state index in [4.69, 9.17) is 5.11 Å². The molecule has 0 radical (unpaired) electrons. The van der Waals surface area contributed by atoms with Crippen LogP contribution in [-0.4, -0.2) is 46.8 Å². The zero-order valence-corrected chi connectivity index (χ0v) is 9.27. The molecule has 0 saturated carbocycles. The molecule has 0 aromatic rings. The number of carboxylic acid groups (broad SMARTS) is 1. The first kappa shape index (κ1) is 13.1. The lowest BCUT2D eigenvalue weighted by molar-refractivity contribution is -0.147. The summed E-state index contributed by atoms with van der Waals surface area (Å²) in [5, 5.41) is 10.5. The number of nitrogens with zero attached hydrogens (tertiary/aromatic N) is 1. The number of carbonyl (C=O) groups is 4. The summed E-state index contributed by atoms with van der Waals surface area (Å²) in [6, 6.07) is 0. The van der Waals surface area contributed by atoms with Crippen molar-refractivity contribution >= 4 is 23.7 Å². The Kier molecular flexibility index (Phi) is 4.62. The lowest BCUT2D eigenvalue weighted by Crippen LogP contribution is -2.44. The van der Waals surface area contributed by atoms with Crippen LogP contribution in [0.1, 0.15) is 25.7 Å². The first-order valence-corrected chi connectivity index (χ1v) is 5.32. The normalized spacial score (nSPS) is 16.6. The van der Waals surface area contributed by atoms with Crippen LogP contribution in [-0.2, 0) is 19.2 Å². The van der Waals surface area contributed by atoms with Crippen LogP contribution in [0.4, 0.5) is 0 Å². The molecular formula is C10H14N2O5. The number of carbonyl (C=O) groups excluding carboxylic acids is 3. The maximum Gasteiger partial charge on any atom is 0.322 e. The van der Waals surface area contributed by atoms with Crippen molar-refractivity contribution in [1.82, 2.24) is 10.2 Å². The van der Waals surface area contributed by atoms with Gasteiger partial charge in [0.15, 0.2) is 0 Å². The van der Waals surface area contributed by atoms with Gasteiger partial charge in [-0.1, -0.05) is 0 Å². The number of amides is 3. The van der Waals surface area contributed by atoms with Crippen molar-refractivity contribution in [2.45, 2.75) is 25.7 Å². The molecule has 3 amide bonds. The third-order valence-electron chi connectivity index (χ3n) is 2.37. The number of imide groups is 1. The van der Waals surface area contributed by atoms with Gasteiger partial charge in [-0.05, 0) is 12.8 Å². The van der Waals surface area contributed by atoms with Crippen LogP contribution in [0.3, 0.4) is 0 Å². The van der Waals surface area contributed by atoms with E-state index in [0.29, 0.717) is 12.8 Å². The van der Waals surface area contributed by atoms with Crippen LogP contribution in [0, 0.1) is 0 Å². The molecule has 1 saturated heterocycles. The summed E-state index contributed by atoms with van der Waals surface area (Å²) in [7, 11) is 0. The number of aliphatic carboxylic acids is 1.